The zero-order valence-electron chi connectivity index (χ0n) is 18.4. The lowest BCUT2D eigenvalue weighted by molar-refractivity contribution is 0.111. The maximum atomic E-state index is 10.5. The first-order valence-corrected chi connectivity index (χ1v) is 11.2. The van der Waals surface area contributed by atoms with Gasteiger partial charge in [0.2, 0.25) is 0 Å². The van der Waals surface area contributed by atoms with Crippen molar-refractivity contribution in [2.75, 3.05) is 31.1 Å². The van der Waals surface area contributed by atoms with Crippen molar-refractivity contribution in [3.05, 3.63) is 52.9 Å². The van der Waals surface area contributed by atoms with Crippen molar-refractivity contribution in [1.82, 2.24) is 15.3 Å². The van der Waals surface area contributed by atoms with E-state index in [9.17, 15) is 9.59 Å². The SMILES string of the molecule is N#CC1CCN(c2ccc(C=O)cn2)CC1.N#CC1CCNCC1.O=Cc1ccc(Cl)nc1. The molecule has 2 aromatic rings. The van der Waals surface area contributed by atoms with Crippen molar-refractivity contribution in [1.29, 1.82) is 10.5 Å². The fourth-order valence-electron chi connectivity index (χ4n) is 3.30. The summed E-state index contributed by atoms with van der Waals surface area (Å²) in [5.41, 5.74) is 1.13. The molecule has 2 saturated heterocycles. The number of nitriles is 2. The second kappa shape index (κ2) is 14.7. The maximum Gasteiger partial charge on any atom is 0.151 e. The Hall–Kier alpha value is -3.33. The molecule has 0 amide bonds. The van der Waals surface area contributed by atoms with E-state index in [1.165, 1.54) is 6.20 Å². The summed E-state index contributed by atoms with van der Waals surface area (Å²) in [6.07, 6.45) is 8.39. The predicted octanol–water partition coefficient (Wildman–Crippen LogP) is 3.69. The summed E-state index contributed by atoms with van der Waals surface area (Å²) in [5.74, 6) is 1.41. The first kappa shape index (κ1) is 25.9. The average Bonchev–Trinajstić information content (AvgIpc) is 2.90. The molecule has 0 bridgehead atoms. The number of pyridine rings is 2. The second-order valence-electron chi connectivity index (χ2n) is 7.64. The molecule has 2 aromatic heterocycles. The maximum absolute atomic E-state index is 10.5. The largest absolute Gasteiger partial charge is 0.357 e. The molecule has 2 aliphatic heterocycles. The number of carbonyl (C=O) groups excluding carboxylic acids is 2. The van der Waals surface area contributed by atoms with Crippen LogP contribution < -0.4 is 10.2 Å². The van der Waals surface area contributed by atoms with E-state index in [1.54, 1.807) is 24.4 Å². The first-order chi connectivity index (χ1) is 16.1. The minimum absolute atomic E-state index is 0.186. The van der Waals surface area contributed by atoms with E-state index >= 15 is 0 Å². The van der Waals surface area contributed by atoms with E-state index < -0.39 is 0 Å². The van der Waals surface area contributed by atoms with Gasteiger partial charge in [0.25, 0.3) is 0 Å². The van der Waals surface area contributed by atoms with E-state index in [-0.39, 0.29) is 5.92 Å². The summed E-state index contributed by atoms with van der Waals surface area (Å²) in [5, 5.41) is 20.8. The standard InChI is InChI=1S/C12H13N3O.C6H4ClNO.C6H10N2/c13-7-10-3-5-15(6-4-10)12-2-1-11(9-16)8-14-12;7-6-2-1-5(4-9)3-8-6;7-5-6-1-3-8-4-2-6/h1-2,8-10H,3-6H2;1-4H;6,8H,1-4H2. The number of hydrogen-bond acceptors (Lipinski definition) is 8. The van der Waals surface area contributed by atoms with Gasteiger partial charge in [0.15, 0.2) is 12.6 Å². The summed E-state index contributed by atoms with van der Waals surface area (Å²) < 4.78 is 0. The fraction of sp³-hybridized carbons (Fsp3) is 0.417. The quantitative estimate of drug-likeness (QED) is 0.536. The molecule has 2 fully saturated rings. The number of aromatic nitrogens is 2. The van der Waals surface area contributed by atoms with Crippen LogP contribution in [-0.2, 0) is 0 Å². The molecule has 0 saturated carbocycles. The molecule has 4 heterocycles. The van der Waals surface area contributed by atoms with Crippen molar-refractivity contribution < 1.29 is 9.59 Å². The number of carbonyl (C=O) groups is 2. The van der Waals surface area contributed by atoms with E-state index in [4.69, 9.17) is 22.1 Å². The minimum Gasteiger partial charge on any atom is -0.357 e. The number of nitrogens with one attached hydrogen (secondary N) is 1. The number of piperidine rings is 2. The van der Waals surface area contributed by atoms with E-state index in [0.29, 0.717) is 22.2 Å². The van der Waals surface area contributed by atoms with Crippen molar-refractivity contribution in [2.24, 2.45) is 11.8 Å². The molecule has 172 valence electrons. The van der Waals surface area contributed by atoms with E-state index in [1.807, 2.05) is 6.07 Å². The summed E-state index contributed by atoms with van der Waals surface area (Å²) in [6, 6.07) is 11.4. The van der Waals surface area contributed by atoms with Gasteiger partial charge in [0.05, 0.1) is 12.1 Å². The van der Waals surface area contributed by atoms with Gasteiger partial charge in [0.1, 0.15) is 11.0 Å². The number of halogens is 1. The molecule has 0 spiro atoms. The molecule has 4 rings (SSSR count). The van der Waals surface area contributed by atoms with Gasteiger partial charge in [-0.15, -0.1) is 0 Å². The van der Waals surface area contributed by atoms with Gasteiger partial charge in [-0.3, -0.25) is 9.59 Å². The number of aldehydes is 2. The minimum atomic E-state index is 0.186. The van der Waals surface area contributed by atoms with Crippen molar-refractivity contribution >= 4 is 30.0 Å². The highest BCUT2D eigenvalue weighted by atomic mass is 35.5. The molecule has 0 unspecified atom stereocenters. The van der Waals surface area contributed by atoms with Crippen LogP contribution in [-0.4, -0.2) is 48.7 Å². The van der Waals surface area contributed by atoms with Crippen LogP contribution in [0.2, 0.25) is 5.15 Å². The van der Waals surface area contributed by atoms with Crippen LogP contribution in [0.3, 0.4) is 0 Å². The lowest BCUT2D eigenvalue weighted by atomic mass is 9.99. The number of hydrogen-bond donors (Lipinski definition) is 1. The monoisotopic (exact) mass is 466 g/mol. The van der Waals surface area contributed by atoms with Crippen LogP contribution in [0, 0.1) is 34.5 Å². The highest BCUT2D eigenvalue weighted by Gasteiger charge is 2.19. The molecule has 1 N–H and O–H groups in total. The van der Waals surface area contributed by atoms with Crippen LogP contribution >= 0.6 is 11.6 Å². The lowest BCUT2D eigenvalue weighted by Gasteiger charge is -2.29. The molecule has 0 aliphatic carbocycles. The summed E-state index contributed by atoms with van der Waals surface area (Å²) in [7, 11) is 0. The molecule has 8 nitrogen and oxygen atoms in total. The van der Waals surface area contributed by atoms with Crippen LogP contribution in [0.4, 0.5) is 5.82 Å². The normalized spacial score (nSPS) is 16.0. The molecular formula is C24H27ClN6O2. The second-order valence-corrected chi connectivity index (χ2v) is 8.03. The van der Waals surface area contributed by atoms with Crippen molar-refractivity contribution in [2.45, 2.75) is 25.7 Å². The topological polar surface area (TPSA) is 123 Å². The van der Waals surface area contributed by atoms with E-state index in [0.717, 1.165) is 70.3 Å². The third-order valence-electron chi connectivity index (χ3n) is 5.32. The number of rotatable bonds is 3. The van der Waals surface area contributed by atoms with Gasteiger partial charge in [-0.25, -0.2) is 9.97 Å². The Bertz CT molecular complexity index is 939. The van der Waals surface area contributed by atoms with E-state index in [2.05, 4.69) is 32.3 Å². The highest BCUT2D eigenvalue weighted by molar-refractivity contribution is 6.29. The average molecular weight is 467 g/mol. The lowest BCUT2D eigenvalue weighted by Crippen LogP contribution is -2.33. The zero-order valence-corrected chi connectivity index (χ0v) is 19.1. The Balaban J connectivity index is 0.000000192. The Kier molecular flexibility index (Phi) is 11.5. The van der Waals surface area contributed by atoms with Crippen molar-refractivity contribution in [3.8, 4) is 12.1 Å². The summed E-state index contributed by atoms with van der Waals surface area (Å²) >= 11 is 5.44. The molecule has 33 heavy (non-hydrogen) atoms. The van der Waals surface area contributed by atoms with Gasteiger partial charge in [-0.05, 0) is 63.0 Å². The number of nitrogens with zero attached hydrogens (tertiary/aromatic N) is 5. The molecule has 0 radical (unpaired) electrons. The Morgan fingerprint density at radius 3 is 1.85 bits per heavy atom. The fourth-order valence-corrected chi connectivity index (χ4v) is 3.41. The molecule has 0 aromatic carbocycles. The van der Waals surface area contributed by atoms with Crippen LogP contribution in [0.25, 0.3) is 0 Å². The van der Waals surface area contributed by atoms with Crippen molar-refractivity contribution in [3.63, 3.8) is 0 Å². The first-order valence-electron chi connectivity index (χ1n) is 10.8. The van der Waals surface area contributed by atoms with Gasteiger partial charge in [0, 0.05) is 48.4 Å². The highest BCUT2D eigenvalue weighted by Crippen LogP contribution is 2.21. The molecule has 9 heteroatoms. The third-order valence-corrected chi connectivity index (χ3v) is 5.54. The zero-order chi connectivity index (χ0) is 23.9. The molecule has 2 aliphatic rings. The summed E-state index contributed by atoms with van der Waals surface area (Å²) in [6.45, 7) is 3.79. The van der Waals surface area contributed by atoms with Gasteiger partial charge < -0.3 is 10.2 Å². The number of anilines is 1. The molecular weight excluding hydrogens is 440 g/mol. The third kappa shape index (κ3) is 9.36. The summed E-state index contributed by atoms with van der Waals surface area (Å²) in [4.78, 5) is 30.6. The molecule has 0 atom stereocenters. The smallest absolute Gasteiger partial charge is 0.151 e. The Morgan fingerprint density at radius 2 is 1.42 bits per heavy atom. The van der Waals surface area contributed by atoms with Gasteiger partial charge in [-0.2, -0.15) is 10.5 Å². The Labute approximate surface area is 199 Å². The Morgan fingerprint density at radius 1 is 0.879 bits per heavy atom. The van der Waals surface area contributed by atoms with Gasteiger partial charge in [-0.1, -0.05) is 11.6 Å². The van der Waals surface area contributed by atoms with Gasteiger partial charge >= 0.3 is 0 Å². The van der Waals surface area contributed by atoms with Crippen LogP contribution in [0.5, 0.6) is 0 Å². The predicted molar refractivity (Wildman–Crippen MR) is 126 cm³/mol. The van der Waals surface area contributed by atoms with Crippen LogP contribution in [0.15, 0.2) is 36.7 Å². The van der Waals surface area contributed by atoms with Crippen LogP contribution in [0.1, 0.15) is 46.4 Å².